The predicted molar refractivity (Wildman–Crippen MR) is 107 cm³/mol. The molecular formula is C21H44O5. The Kier molecular flexibility index (Phi) is 9.76. The van der Waals surface area contributed by atoms with E-state index in [1.165, 1.54) is 0 Å². The quantitative estimate of drug-likeness (QED) is 0.532. The molecule has 1 unspecified atom stereocenters. The summed E-state index contributed by atoms with van der Waals surface area (Å²) in [4.78, 5) is 0. The molecule has 0 aliphatic heterocycles. The van der Waals surface area contributed by atoms with Crippen LogP contribution in [0.3, 0.4) is 0 Å². The molecule has 0 aromatic carbocycles. The van der Waals surface area contributed by atoms with Crippen molar-refractivity contribution in [2.45, 2.75) is 118 Å². The third-order valence-electron chi connectivity index (χ3n) is 2.75. The third-order valence-corrected chi connectivity index (χ3v) is 2.75. The Balaban J connectivity index is 4.73. The van der Waals surface area contributed by atoms with Crippen LogP contribution in [0.2, 0.25) is 0 Å². The fourth-order valence-electron chi connectivity index (χ4n) is 2.14. The maximum Gasteiger partial charge on any atom is 0.182 e. The molecular weight excluding hydrogens is 332 g/mol. The van der Waals surface area contributed by atoms with Crippen LogP contribution in [0.4, 0.5) is 0 Å². The van der Waals surface area contributed by atoms with E-state index in [2.05, 4.69) is 0 Å². The van der Waals surface area contributed by atoms with E-state index in [1.807, 2.05) is 83.1 Å². The van der Waals surface area contributed by atoms with Gasteiger partial charge in [-0.3, -0.25) is 0 Å². The Labute approximate surface area is 162 Å². The summed E-state index contributed by atoms with van der Waals surface area (Å²) in [7, 11) is 0. The molecule has 0 saturated carbocycles. The molecule has 0 spiro atoms. The average molecular weight is 377 g/mol. The van der Waals surface area contributed by atoms with Crippen LogP contribution in [0, 0.1) is 0 Å². The SMILES string of the molecule is CC(C)(C)OCC(COCC(OC(C)(C)C)OC(C)(C)C)OC(C)(C)C. The minimum Gasteiger partial charge on any atom is -0.373 e. The van der Waals surface area contributed by atoms with Crippen LogP contribution in [0.25, 0.3) is 0 Å². The van der Waals surface area contributed by atoms with Gasteiger partial charge in [0.25, 0.3) is 0 Å². The molecule has 158 valence electrons. The van der Waals surface area contributed by atoms with Crippen LogP contribution in [0.15, 0.2) is 0 Å². The van der Waals surface area contributed by atoms with Crippen molar-refractivity contribution < 1.29 is 23.7 Å². The largest absolute Gasteiger partial charge is 0.373 e. The van der Waals surface area contributed by atoms with Gasteiger partial charge in [-0.05, 0) is 83.1 Å². The highest BCUT2D eigenvalue weighted by atomic mass is 16.7. The van der Waals surface area contributed by atoms with Crippen molar-refractivity contribution in [3.63, 3.8) is 0 Å². The summed E-state index contributed by atoms with van der Waals surface area (Å²) >= 11 is 0. The molecule has 1 atom stereocenters. The lowest BCUT2D eigenvalue weighted by Crippen LogP contribution is -2.40. The first-order chi connectivity index (χ1) is 11.4. The smallest absolute Gasteiger partial charge is 0.182 e. The van der Waals surface area contributed by atoms with Crippen molar-refractivity contribution in [3.05, 3.63) is 0 Å². The molecule has 0 heterocycles. The summed E-state index contributed by atoms with van der Waals surface area (Å²) < 4.78 is 29.9. The van der Waals surface area contributed by atoms with Crippen molar-refractivity contribution >= 4 is 0 Å². The fourth-order valence-corrected chi connectivity index (χ4v) is 2.14. The first-order valence-electron chi connectivity index (χ1n) is 9.61. The van der Waals surface area contributed by atoms with Gasteiger partial charge < -0.3 is 23.7 Å². The van der Waals surface area contributed by atoms with Crippen LogP contribution in [0.1, 0.15) is 83.1 Å². The summed E-state index contributed by atoms with van der Waals surface area (Å²) in [6.07, 6.45) is -0.590. The molecule has 0 aromatic heterocycles. The van der Waals surface area contributed by atoms with E-state index < -0.39 is 6.29 Å². The first kappa shape index (κ1) is 25.8. The molecule has 0 bridgehead atoms. The predicted octanol–water partition coefficient (Wildman–Crippen LogP) is 4.96. The molecule has 5 nitrogen and oxygen atoms in total. The zero-order valence-electron chi connectivity index (χ0n) is 19.3. The lowest BCUT2D eigenvalue weighted by molar-refractivity contribution is -0.255. The van der Waals surface area contributed by atoms with Crippen molar-refractivity contribution in [1.29, 1.82) is 0 Å². The van der Waals surface area contributed by atoms with Gasteiger partial charge >= 0.3 is 0 Å². The minimum absolute atomic E-state index is 0.154. The lowest BCUT2D eigenvalue weighted by atomic mass is 10.1. The van der Waals surface area contributed by atoms with Crippen LogP contribution >= 0.6 is 0 Å². The maximum atomic E-state index is 6.09. The van der Waals surface area contributed by atoms with Gasteiger partial charge in [0, 0.05) is 0 Å². The number of rotatable bonds is 9. The second-order valence-electron chi connectivity index (χ2n) is 10.7. The number of ether oxygens (including phenoxy) is 5. The zero-order valence-corrected chi connectivity index (χ0v) is 19.3. The van der Waals surface area contributed by atoms with Gasteiger partial charge in [0.2, 0.25) is 0 Å². The van der Waals surface area contributed by atoms with E-state index in [0.29, 0.717) is 19.8 Å². The van der Waals surface area contributed by atoms with Gasteiger partial charge in [0.1, 0.15) is 6.10 Å². The highest BCUT2D eigenvalue weighted by molar-refractivity contribution is 4.70. The molecule has 0 aliphatic carbocycles. The van der Waals surface area contributed by atoms with Gasteiger partial charge in [-0.1, -0.05) is 0 Å². The van der Waals surface area contributed by atoms with Crippen LogP contribution < -0.4 is 0 Å². The van der Waals surface area contributed by atoms with Gasteiger partial charge in [-0.15, -0.1) is 0 Å². The van der Waals surface area contributed by atoms with E-state index in [4.69, 9.17) is 23.7 Å². The standard InChI is InChI=1S/C21H44O5/c1-18(2,3)23-14-16(24-19(4,5)6)13-22-15-17(25-20(7,8)9)26-21(10,11)12/h16-17H,13-15H2,1-12H3. The van der Waals surface area contributed by atoms with Crippen LogP contribution in [-0.2, 0) is 23.7 Å². The zero-order chi connectivity index (χ0) is 20.8. The maximum absolute atomic E-state index is 6.09. The van der Waals surface area contributed by atoms with Gasteiger partial charge in [-0.2, -0.15) is 0 Å². The molecule has 0 N–H and O–H groups in total. The summed E-state index contributed by atoms with van der Waals surface area (Å²) in [5.41, 5.74) is -1.10. The monoisotopic (exact) mass is 376 g/mol. The van der Waals surface area contributed by atoms with Gasteiger partial charge in [-0.25, -0.2) is 0 Å². The minimum atomic E-state index is -0.436. The molecule has 26 heavy (non-hydrogen) atoms. The van der Waals surface area contributed by atoms with Crippen molar-refractivity contribution in [1.82, 2.24) is 0 Å². The van der Waals surface area contributed by atoms with E-state index in [-0.39, 0.29) is 28.5 Å². The molecule has 0 amide bonds. The summed E-state index contributed by atoms with van der Waals surface area (Å²) in [5, 5.41) is 0. The molecule has 0 aliphatic rings. The van der Waals surface area contributed by atoms with Gasteiger partial charge in [0.05, 0.1) is 42.2 Å². The third kappa shape index (κ3) is 17.2. The van der Waals surface area contributed by atoms with Crippen molar-refractivity contribution in [3.8, 4) is 0 Å². The average Bonchev–Trinajstić information content (AvgIpc) is 2.28. The molecule has 0 rings (SSSR count). The van der Waals surface area contributed by atoms with Crippen molar-refractivity contribution in [2.75, 3.05) is 19.8 Å². The molecule has 0 radical (unpaired) electrons. The molecule has 5 heteroatoms. The highest BCUT2D eigenvalue weighted by Gasteiger charge is 2.26. The van der Waals surface area contributed by atoms with Crippen LogP contribution in [-0.4, -0.2) is 54.6 Å². The number of hydrogen-bond donors (Lipinski definition) is 0. The molecule has 0 saturated heterocycles. The van der Waals surface area contributed by atoms with Crippen LogP contribution in [0.5, 0.6) is 0 Å². The topological polar surface area (TPSA) is 46.2 Å². The van der Waals surface area contributed by atoms with E-state index in [1.54, 1.807) is 0 Å². The molecule has 0 fully saturated rings. The Morgan fingerprint density at radius 2 is 0.923 bits per heavy atom. The second kappa shape index (κ2) is 9.83. The normalized spacial score (nSPS) is 15.6. The van der Waals surface area contributed by atoms with E-state index >= 15 is 0 Å². The van der Waals surface area contributed by atoms with Gasteiger partial charge in [0.15, 0.2) is 6.29 Å². The summed E-state index contributed by atoms with van der Waals surface area (Å²) in [6.45, 7) is 25.5. The number of hydrogen-bond acceptors (Lipinski definition) is 5. The molecule has 0 aromatic rings. The van der Waals surface area contributed by atoms with E-state index in [0.717, 1.165) is 0 Å². The van der Waals surface area contributed by atoms with Crippen molar-refractivity contribution in [2.24, 2.45) is 0 Å². The Hall–Kier alpha value is -0.200. The Morgan fingerprint density at radius 3 is 1.27 bits per heavy atom. The second-order valence-corrected chi connectivity index (χ2v) is 10.7. The summed E-state index contributed by atoms with van der Waals surface area (Å²) in [5.74, 6) is 0. The highest BCUT2D eigenvalue weighted by Crippen LogP contribution is 2.19. The lowest BCUT2D eigenvalue weighted by Gasteiger charge is -2.33. The van der Waals surface area contributed by atoms with E-state index in [9.17, 15) is 0 Å². The first-order valence-corrected chi connectivity index (χ1v) is 9.61. The summed E-state index contributed by atoms with van der Waals surface area (Å²) in [6, 6.07) is 0. The fraction of sp³-hybridized carbons (Fsp3) is 1.00. The Bertz CT molecular complexity index is 363. The Morgan fingerprint density at radius 1 is 0.500 bits per heavy atom.